The molecule has 0 aliphatic rings. The SMILES string of the molecule is NC[C@H](N)C(=O)CCOP(=O)(O)O. The van der Waals surface area contributed by atoms with E-state index in [1.54, 1.807) is 0 Å². The Morgan fingerprint density at radius 1 is 1.54 bits per heavy atom. The van der Waals surface area contributed by atoms with E-state index in [-0.39, 0.29) is 25.4 Å². The molecule has 0 aromatic rings. The van der Waals surface area contributed by atoms with Crippen molar-refractivity contribution in [3.05, 3.63) is 0 Å². The van der Waals surface area contributed by atoms with E-state index in [9.17, 15) is 9.36 Å². The van der Waals surface area contributed by atoms with Crippen LogP contribution >= 0.6 is 7.82 Å². The Kier molecular flexibility index (Phi) is 5.31. The van der Waals surface area contributed by atoms with Crippen LogP contribution in [0.25, 0.3) is 0 Å². The first-order valence-electron chi connectivity index (χ1n) is 3.55. The molecule has 0 unspecified atom stereocenters. The van der Waals surface area contributed by atoms with Crippen LogP contribution < -0.4 is 11.5 Å². The van der Waals surface area contributed by atoms with Crippen molar-refractivity contribution in [3.8, 4) is 0 Å². The maximum absolute atomic E-state index is 10.9. The highest BCUT2D eigenvalue weighted by Crippen LogP contribution is 2.35. The van der Waals surface area contributed by atoms with Gasteiger partial charge >= 0.3 is 7.82 Å². The van der Waals surface area contributed by atoms with Crippen LogP contribution in [0, 0.1) is 0 Å². The largest absolute Gasteiger partial charge is 0.469 e. The molecule has 0 saturated carbocycles. The highest BCUT2D eigenvalue weighted by Gasteiger charge is 2.16. The van der Waals surface area contributed by atoms with Crippen molar-refractivity contribution in [1.82, 2.24) is 0 Å². The minimum atomic E-state index is -4.48. The molecule has 13 heavy (non-hydrogen) atoms. The summed E-state index contributed by atoms with van der Waals surface area (Å²) in [5.74, 6) is -0.379. The van der Waals surface area contributed by atoms with E-state index in [4.69, 9.17) is 21.3 Å². The second-order valence-electron chi connectivity index (χ2n) is 2.38. The average molecular weight is 212 g/mol. The summed E-state index contributed by atoms with van der Waals surface area (Å²) in [6.45, 7) is -0.342. The third-order valence-electron chi connectivity index (χ3n) is 1.28. The van der Waals surface area contributed by atoms with Crippen molar-refractivity contribution in [2.24, 2.45) is 11.5 Å². The molecule has 0 aromatic heterocycles. The normalized spacial score (nSPS) is 14.2. The quantitative estimate of drug-likeness (QED) is 0.387. The van der Waals surface area contributed by atoms with Gasteiger partial charge in [-0.2, -0.15) is 0 Å². The van der Waals surface area contributed by atoms with Crippen LogP contribution in [0.1, 0.15) is 6.42 Å². The predicted octanol–water partition coefficient (Wildman–Crippen LogP) is -1.66. The van der Waals surface area contributed by atoms with Gasteiger partial charge in [0.15, 0.2) is 5.78 Å². The van der Waals surface area contributed by atoms with E-state index < -0.39 is 13.9 Å². The van der Waals surface area contributed by atoms with Gasteiger partial charge in [-0.1, -0.05) is 0 Å². The van der Waals surface area contributed by atoms with Crippen molar-refractivity contribution in [2.75, 3.05) is 13.2 Å². The Bertz CT molecular complexity index is 215. The maximum Gasteiger partial charge on any atom is 0.469 e. The van der Waals surface area contributed by atoms with E-state index in [1.165, 1.54) is 0 Å². The highest BCUT2D eigenvalue weighted by molar-refractivity contribution is 7.46. The summed E-state index contributed by atoms with van der Waals surface area (Å²) in [5.41, 5.74) is 10.3. The lowest BCUT2D eigenvalue weighted by molar-refractivity contribution is -0.120. The third kappa shape index (κ3) is 6.83. The fourth-order valence-electron chi connectivity index (χ4n) is 0.582. The number of Topliss-reactive ketones (excluding diaryl/α,β-unsaturated/α-hetero) is 1. The number of ketones is 1. The van der Waals surface area contributed by atoms with Gasteiger partial charge in [0.2, 0.25) is 0 Å². The molecule has 0 spiro atoms. The molecule has 0 aliphatic carbocycles. The van der Waals surface area contributed by atoms with Gasteiger partial charge in [-0.3, -0.25) is 9.32 Å². The predicted molar refractivity (Wildman–Crippen MR) is 44.6 cm³/mol. The lowest BCUT2D eigenvalue weighted by Gasteiger charge is -2.07. The van der Waals surface area contributed by atoms with Gasteiger partial charge in [0, 0.05) is 13.0 Å². The summed E-state index contributed by atoms with van der Waals surface area (Å²) in [7, 11) is -4.48. The number of rotatable bonds is 6. The van der Waals surface area contributed by atoms with Crippen LogP contribution in [0.4, 0.5) is 0 Å². The number of carbonyl (C=O) groups is 1. The molecule has 78 valence electrons. The molecule has 0 rings (SSSR count). The molecule has 1 atom stereocenters. The summed E-state index contributed by atoms with van der Waals surface area (Å²) in [6, 6.07) is -0.791. The van der Waals surface area contributed by atoms with E-state index in [2.05, 4.69) is 4.52 Å². The number of carbonyl (C=O) groups excluding carboxylic acids is 1. The van der Waals surface area contributed by atoms with Crippen LogP contribution in [-0.4, -0.2) is 34.8 Å². The Morgan fingerprint density at radius 3 is 2.46 bits per heavy atom. The molecule has 0 radical (unpaired) electrons. The van der Waals surface area contributed by atoms with Crippen LogP contribution in [0.5, 0.6) is 0 Å². The maximum atomic E-state index is 10.9. The second kappa shape index (κ2) is 5.43. The number of nitrogens with two attached hydrogens (primary N) is 2. The van der Waals surface area contributed by atoms with E-state index in [1.807, 2.05) is 0 Å². The topological polar surface area (TPSA) is 136 Å². The molecule has 0 fully saturated rings. The fraction of sp³-hybridized carbons (Fsp3) is 0.800. The van der Waals surface area contributed by atoms with Crippen molar-refractivity contribution < 1.29 is 23.7 Å². The number of phosphoric ester groups is 1. The zero-order valence-corrected chi connectivity index (χ0v) is 7.81. The first-order chi connectivity index (χ1) is 5.87. The lowest BCUT2D eigenvalue weighted by Crippen LogP contribution is -2.38. The summed E-state index contributed by atoms with van der Waals surface area (Å²) in [5, 5.41) is 0. The van der Waals surface area contributed by atoms with Gasteiger partial charge in [-0.25, -0.2) is 4.57 Å². The highest BCUT2D eigenvalue weighted by atomic mass is 31.2. The Morgan fingerprint density at radius 2 is 2.08 bits per heavy atom. The van der Waals surface area contributed by atoms with Gasteiger partial charge in [0.1, 0.15) is 0 Å². The zero-order valence-electron chi connectivity index (χ0n) is 6.92. The van der Waals surface area contributed by atoms with Crippen LogP contribution in [-0.2, 0) is 13.9 Å². The van der Waals surface area contributed by atoms with Crippen molar-refractivity contribution in [1.29, 1.82) is 0 Å². The van der Waals surface area contributed by atoms with Gasteiger partial charge < -0.3 is 21.3 Å². The number of phosphoric acid groups is 1. The van der Waals surface area contributed by atoms with Crippen LogP contribution in [0.3, 0.4) is 0 Å². The van der Waals surface area contributed by atoms with Gasteiger partial charge in [-0.05, 0) is 0 Å². The minimum absolute atomic E-state index is 0.00867. The first-order valence-corrected chi connectivity index (χ1v) is 5.08. The van der Waals surface area contributed by atoms with Crippen LogP contribution in [0.15, 0.2) is 0 Å². The number of hydrogen-bond donors (Lipinski definition) is 4. The van der Waals surface area contributed by atoms with Crippen molar-refractivity contribution in [2.45, 2.75) is 12.5 Å². The first kappa shape index (κ1) is 12.7. The lowest BCUT2D eigenvalue weighted by atomic mass is 10.1. The Labute approximate surface area is 75.3 Å². The van der Waals surface area contributed by atoms with Crippen LogP contribution in [0.2, 0.25) is 0 Å². The summed E-state index contributed by atoms with van der Waals surface area (Å²) in [4.78, 5) is 27.4. The fourth-order valence-corrected chi connectivity index (χ4v) is 0.911. The minimum Gasteiger partial charge on any atom is -0.328 e. The van der Waals surface area contributed by atoms with E-state index in [0.29, 0.717) is 0 Å². The monoisotopic (exact) mass is 212 g/mol. The summed E-state index contributed by atoms with van der Waals surface area (Å²) < 4.78 is 14.2. The van der Waals surface area contributed by atoms with Crippen molar-refractivity contribution in [3.63, 3.8) is 0 Å². The van der Waals surface area contributed by atoms with E-state index >= 15 is 0 Å². The van der Waals surface area contributed by atoms with E-state index in [0.717, 1.165) is 0 Å². The molecule has 7 nitrogen and oxygen atoms in total. The zero-order chi connectivity index (χ0) is 10.5. The molecular weight excluding hydrogens is 199 g/mol. The molecule has 0 heterocycles. The van der Waals surface area contributed by atoms with Gasteiger partial charge in [0.05, 0.1) is 12.6 Å². The second-order valence-corrected chi connectivity index (χ2v) is 3.62. The summed E-state index contributed by atoms with van der Waals surface area (Å²) in [6.07, 6.45) is -0.149. The Hall–Kier alpha value is -0.300. The molecule has 6 N–H and O–H groups in total. The number of hydrogen-bond acceptors (Lipinski definition) is 5. The van der Waals surface area contributed by atoms with Crippen molar-refractivity contribution >= 4 is 13.6 Å². The Balaban J connectivity index is 3.66. The third-order valence-corrected chi connectivity index (χ3v) is 1.79. The molecule has 0 bridgehead atoms. The van der Waals surface area contributed by atoms with Gasteiger partial charge in [-0.15, -0.1) is 0 Å². The average Bonchev–Trinajstić information content (AvgIpc) is 2.00. The molecule has 8 heteroatoms. The summed E-state index contributed by atoms with van der Waals surface area (Å²) >= 11 is 0. The molecule has 0 aliphatic heterocycles. The molecule has 0 amide bonds. The smallest absolute Gasteiger partial charge is 0.328 e. The molecule has 0 saturated heterocycles. The standard InChI is InChI=1S/C5H13N2O5P/c6-3-4(7)5(8)1-2-12-13(9,10)11/h4H,1-3,6-7H2,(H2,9,10,11)/t4-/m0/s1. The molecular formula is C5H13N2O5P. The molecule has 0 aromatic carbocycles. The van der Waals surface area contributed by atoms with Gasteiger partial charge in [0.25, 0.3) is 0 Å².